The zero-order valence-corrected chi connectivity index (χ0v) is 6.29. The van der Waals surface area contributed by atoms with Crippen molar-refractivity contribution in [1.82, 2.24) is 4.31 Å². The minimum Gasteiger partial charge on any atom is -0.241 e. The third-order valence-corrected chi connectivity index (χ3v) is 3.28. The molecule has 3 heteroatoms. The van der Waals surface area contributed by atoms with Crippen LogP contribution in [-0.2, 0) is 0 Å². The number of fused-ring (bicyclic) bond motifs is 1. The van der Waals surface area contributed by atoms with Crippen LogP contribution in [0.5, 0.6) is 0 Å². The third kappa shape index (κ3) is 0.769. The van der Waals surface area contributed by atoms with Crippen LogP contribution in [0.1, 0.15) is 6.42 Å². The van der Waals surface area contributed by atoms with Gasteiger partial charge in [-0.25, -0.2) is 4.31 Å². The lowest BCUT2D eigenvalue weighted by atomic mass is 10.4. The number of piperidine rings is 1. The molecule has 0 aromatic carbocycles. The van der Waals surface area contributed by atoms with E-state index in [1.807, 2.05) is 0 Å². The van der Waals surface area contributed by atoms with Gasteiger partial charge in [0.1, 0.15) is 0 Å². The average Bonchev–Trinajstić information content (AvgIpc) is 2.40. The Kier molecular flexibility index (Phi) is 1.24. The Balaban J connectivity index is 1.89. The molecule has 1 heterocycles. The average molecular weight is 147 g/mol. The maximum atomic E-state index is 4.12. The third-order valence-electron chi connectivity index (χ3n) is 2.06. The number of rotatable bonds is 1. The van der Waals surface area contributed by atoms with Gasteiger partial charge in [0, 0.05) is 13.1 Å². The van der Waals surface area contributed by atoms with Crippen LogP contribution in [0.15, 0.2) is 0 Å². The first-order valence-corrected chi connectivity index (χ1v) is 4.79. The van der Waals surface area contributed by atoms with E-state index in [4.69, 9.17) is 0 Å². The van der Waals surface area contributed by atoms with Crippen LogP contribution in [0.3, 0.4) is 0 Å². The molecule has 0 N–H and O–H groups in total. The molecule has 2 rings (SSSR count). The van der Waals surface area contributed by atoms with Crippen molar-refractivity contribution in [2.24, 2.45) is 11.8 Å². The van der Waals surface area contributed by atoms with E-state index in [1.54, 1.807) is 11.0 Å². The lowest BCUT2D eigenvalue weighted by Gasteiger charge is -2.10. The summed E-state index contributed by atoms with van der Waals surface area (Å²) in [4.78, 5) is 0. The molecule has 1 aliphatic carbocycles. The van der Waals surface area contributed by atoms with Crippen LogP contribution in [0.25, 0.3) is 0 Å². The molecule has 46 valence electrons. The highest BCUT2D eigenvalue weighted by Crippen LogP contribution is 2.47. The van der Waals surface area contributed by atoms with E-state index in [1.165, 1.54) is 19.5 Å². The van der Waals surface area contributed by atoms with Crippen LogP contribution in [0.4, 0.5) is 0 Å². The van der Waals surface area contributed by atoms with Crippen molar-refractivity contribution in [3.8, 4) is 0 Å². The van der Waals surface area contributed by atoms with Crippen molar-refractivity contribution in [2.45, 2.75) is 6.42 Å². The molecule has 8 heavy (non-hydrogen) atoms. The summed E-state index contributed by atoms with van der Waals surface area (Å²) in [5.74, 6) is 2.10. The molecule has 2 aliphatic rings. The fourth-order valence-electron chi connectivity index (χ4n) is 1.42. The molecule has 2 unspecified atom stereocenters. The Hall–Kier alpha value is 0.660. The largest absolute Gasteiger partial charge is 0.241 e. The predicted molar refractivity (Wildman–Crippen MR) is 39.7 cm³/mol. The molecule has 2 atom stereocenters. The minimum absolute atomic E-state index is 1.05. The summed E-state index contributed by atoms with van der Waals surface area (Å²) in [6.45, 7) is 2.58. The van der Waals surface area contributed by atoms with E-state index in [0.717, 1.165) is 11.8 Å². The molecule has 1 saturated heterocycles. The molecule has 0 bridgehead atoms. The van der Waals surface area contributed by atoms with Crippen LogP contribution < -0.4 is 0 Å². The van der Waals surface area contributed by atoms with Crippen molar-refractivity contribution >= 4 is 22.6 Å². The van der Waals surface area contributed by atoms with Crippen LogP contribution >= 0.6 is 22.6 Å². The van der Waals surface area contributed by atoms with Crippen LogP contribution in [0.2, 0.25) is 0 Å². The van der Waals surface area contributed by atoms with Gasteiger partial charge in [-0.05, 0) is 29.2 Å². The number of thiol groups is 1. The molecule has 1 saturated carbocycles. The van der Waals surface area contributed by atoms with Gasteiger partial charge in [0.05, 0.1) is 0 Å². The van der Waals surface area contributed by atoms with Gasteiger partial charge in [0.25, 0.3) is 0 Å². The van der Waals surface area contributed by atoms with E-state index in [0.29, 0.717) is 0 Å². The van der Waals surface area contributed by atoms with Crippen molar-refractivity contribution in [1.29, 1.82) is 0 Å². The van der Waals surface area contributed by atoms with Gasteiger partial charge in [0.2, 0.25) is 0 Å². The van der Waals surface area contributed by atoms with E-state index in [2.05, 4.69) is 16.0 Å². The Morgan fingerprint density at radius 1 is 1.38 bits per heavy atom. The fourth-order valence-corrected chi connectivity index (χ4v) is 2.34. The Bertz CT molecular complexity index is 96.6. The minimum atomic E-state index is 1.05. The van der Waals surface area contributed by atoms with E-state index in [9.17, 15) is 0 Å². The standard InChI is InChI=1S/C5H9NS2/c7-8-6-2-4-1-5(4)3-6/h4-5,7H,1-3H2. The summed E-state index contributed by atoms with van der Waals surface area (Å²) in [6, 6.07) is 0. The van der Waals surface area contributed by atoms with Gasteiger partial charge < -0.3 is 0 Å². The summed E-state index contributed by atoms with van der Waals surface area (Å²) >= 11 is 4.12. The molecule has 0 aromatic rings. The smallest absolute Gasteiger partial charge is 0.0129 e. The lowest BCUT2D eigenvalue weighted by Crippen LogP contribution is -2.11. The molecule has 0 spiro atoms. The summed E-state index contributed by atoms with van der Waals surface area (Å²) in [7, 11) is 1.59. The Labute approximate surface area is 58.8 Å². The quantitative estimate of drug-likeness (QED) is 0.339. The van der Waals surface area contributed by atoms with Crippen molar-refractivity contribution in [3.63, 3.8) is 0 Å². The van der Waals surface area contributed by atoms with Crippen molar-refractivity contribution in [2.75, 3.05) is 13.1 Å². The molecular formula is C5H9NS2. The van der Waals surface area contributed by atoms with E-state index < -0.39 is 0 Å². The first kappa shape index (κ1) is 5.45. The van der Waals surface area contributed by atoms with Crippen LogP contribution in [0, 0.1) is 11.8 Å². The molecular weight excluding hydrogens is 138 g/mol. The SMILES string of the molecule is SSN1CC2CC2C1. The molecule has 1 aliphatic heterocycles. The Morgan fingerprint density at radius 2 is 2.00 bits per heavy atom. The first-order chi connectivity index (χ1) is 3.90. The highest BCUT2D eigenvalue weighted by atomic mass is 33.1. The predicted octanol–water partition coefficient (Wildman–Crippen LogP) is 1.43. The number of hydrogen-bond acceptors (Lipinski definition) is 3. The molecule has 2 fully saturated rings. The Morgan fingerprint density at radius 3 is 2.38 bits per heavy atom. The first-order valence-electron chi connectivity index (χ1n) is 2.96. The van der Waals surface area contributed by atoms with Crippen molar-refractivity contribution < 1.29 is 0 Å². The van der Waals surface area contributed by atoms with Crippen molar-refractivity contribution in [3.05, 3.63) is 0 Å². The van der Waals surface area contributed by atoms with Gasteiger partial charge in [-0.2, -0.15) is 0 Å². The summed E-state index contributed by atoms with van der Waals surface area (Å²) in [5, 5.41) is 0. The van der Waals surface area contributed by atoms with E-state index in [-0.39, 0.29) is 0 Å². The maximum Gasteiger partial charge on any atom is 0.0129 e. The maximum absolute atomic E-state index is 4.12. The monoisotopic (exact) mass is 147 g/mol. The molecule has 0 aromatic heterocycles. The van der Waals surface area contributed by atoms with Gasteiger partial charge in [-0.1, -0.05) is 11.7 Å². The van der Waals surface area contributed by atoms with Crippen LogP contribution in [-0.4, -0.2) is 17.4 Å². The summed E-state index contributed by atoms with van der Waals surface area (Å²) in [6.07, 6.45) is 1.49. The number of hydrogen-bond donors (Lipinski definition) is 1. The van der Waals surface area contributed by atoms with Gasteiger partial charge >= 0.3 is 0 Å². The lowest BCUT2D eigenvalue weighted by molar-refractivity contribution is 0.523. The summed E-state index contributed by atoms with van der Waals surface area (Å²) < 4.78 is 2.34. The molecule has 1 nitrogen and oxygen atoms in total. The highest BCUT2D eigenvalue weighted by molar-refractivity contribution is 8.67. The highest BCUT2D eigenvalue weighted by Gasteiger charge is 2.44. The topological polar surface area (TPSA) is 3.24 Å². The molecule has 0 amide bonds. The molecule has 0 radical (unpaired) electrons. The second-order valence-electron chi connectivity index (χ2n) is 2.68. The zero-order valence-electron chi connectivity index (χ0n) is 4.58. The second-order valence-corrected chi connectivity index (χ2v) is 3.85. The second kappa shape index (κ2) is 1.82. The summed E-state index contributed by atoms with van der Waals surface area (Å²) in [5.41, 5.74) is 0. The van der Waals surface area contributed by atoms with E-state index >= 15 is 0 Å². The van der Waals surface area contributed by atoms with Gasteiger partial charge in [-0.3, -0.25) is 0 Å². The van der Waals surface area contributed by atoms with Gasteiger partial charge in [-0.15, -0.1) is 0 Å². The van der Waals surface area contributed by atoms with Gasteiger partial charge in [0.15, 0.2) is 0 Å². The zero-order chi connectivity index (χ0) is 5.56. The normalized spacial score (nSPS) is 44.6. The fraction of sp³-hybridized carbons (Fsp3) is 1.00. The number of nitrogens with zero attached hydrogens (tertiary/aromatic N) is 1.